The maximum absolute atomic E-state index is 11.7. The summed E-state index contributed by atoms with van der Waals surface area (Å²) in [6, 6.07) is 10.6. The Morgan fingerprint density at radius 2 is 1.96 bits per heavy atom. The van der Waals surface area contributed by atoms with Crippen LogP contribution < -0.4 is 10.6 Å². The summed E-state index contributed by atoms with van der Waals surface area (Å²) < 4.78 is 0. The molecule has 6 heteroatoms. The van der Waals surface area contributed by atoms with Crippen molar-refractivity contribution >= 4 is 35.8 Å². The fraction of sp³-hybridized carbons (Fsp3) is 0.474. The lowest BCUT2D eigenvalue weighted by molar-refractivity contribution is -0.127. The van der Waals surface area contributed by atoms with Gasteiger partial charge in [-0.05, 0) is 30.2 Å². The number of rotatable bonds is 8. The van der Waals surface area contributed by atoms with E-state index in [9.17, 15) is 4.79 Å². The van der Waals surface area contributed by atoms with Crippen molar-refractivity contribution in [3.63, 3.8) is 0 Å². The number of carbonyl (C=O) groups excluding carboxylic acids is 1. The molecule has 1 saturated carbocycles. The highest BCUT2D eigenvalue weighted by Gasteiger charge is 2.42. The summed E-state index contributed by atoms with van der Waals surface area (Å²) >= 11 is 0. The van der Waals surface area contributed by atoms with E-state index < -0.39 is 0 Å². The zero-order chi connectivity index (χ0) is 17.4. The number of hydrogen-bond acceptors (Lipinski definition) is 2. The van der Waals surface area contributed by atoms with Crippen LogP contribution in [0.2, 0.25) is 0 Å². The van der Waals surface area contributed by atoms with E-state index in [1.54, 1.807) is 25.1 Å². The van der Waals surface area contributed by atoms with Gasteiger partial charge in [-0.2, -0.15) is 0 Å². The Morgan fingerprint density at radius 1 is 1.28 bits per heavy atom. The fourth-order valence-corrected chi connectivity index (χ4v) is 2.52. The Kier molecular flexibility index (Phi) is 8.96. The minimum atomic E-state index is -0.0138. The van der Waals surface area contributed by atoms with Gasteiger partial charge >= 0.3 is 0 Å². The highest BCUT2D eigenvalue weighted by Crippen LogP contribution is 2.47. The summed E-state index contributed by atoms with van der Waals surface area (Å²) in [5.74, 6) is 0.657. The third-order valence-electron chi connectivity index (χ3n) is 4.29. The Balaban J connectivity index is 0.00000312. The van der Waals surface area contributed by atoms with Crippen LogP contribution in [0.25, 0.3) is 0 Å². The number of benzene rings is 1. The number of likely N-dealkylation sites (N-methyl/N-ethyl adjacent to an activating group) is 1. The average molecular weight is 456 g/mol. The van der Waals surface area contributed by atoms with Crippen LogP contribution in [0.4, 0.5) is 0 Å². The number of halogens is 1. The molecule has 2 rings (SSSR count). The van der Waals surface area contributed by atoms with Crippen molar-refractivity contribution in [2.24, 2.45) is 10.4 Å². The largest absolute Gasteiger partial charge is 0.356 e. The molecule has 0 unspecified atom stereocenters. The molecule has 138 valence electrons. The third-order valence-corrected chi connectivity index (χ3v) is 4.29. The monoisotopic (exact) mass is 456 g/mol. The summed E-state index contributed by atoms with van der Waals surface area (Å²) in [4.78, 5) is 17.6. The van der Waals surface area contributed by atoms with E-state index >= 15 is 0 Å². The lowest BCUT2D eigenvalue weighted by atomic mass is 9.96. The summed E-state index contributed by atoms with van der Waals surface area (Å²) in [5.41, 5.74) is 1.68. The summed E-state index contributed by atoms with van der Waals surface area (Å²) in [5, 5.41) is 6.57. The average Bonchev–Trinajstić information content (AvgIpc) is 3.34. The summed E-state index contributed by atoms with van der Waals surface area (Å²) in [7, 11) is 3.47. The molecule has 0 aliphatic heterocycles. The molecular weight excluding hydrogens is 427 g/mol. The Labute approximate surface area is 168 Å². The highest BCUT2D eigenvalue weighted by molar-refractivity contribution is 14.0. The number of aliphatic imine (C=N–C) groups is 1. The van der Waals surface area contributed by atoms with Gasteiger partial charge < -0.3 is 15.5 Å². The molecular formula is C19H29IN4O. The first-order valence-corrected chi connectivity index (χ1v) is 8.42. The third kappa shape index (κ3) is 7.46. The summed E-state index contributed by atoms with van der Waals surface area (Å²) in [6.07, 6.45) is 5.30. The number of hydrogen-bond donors (Lipinski definition) is 2. The molecule has 1 aromatic rings. The Morgan fingerprint density at radius 3 is 2.52 bits per heavy atom. The molecule has 0 heterocycles. The molecule has 1 aliphatic rings. The molecule has 1 aromatic carbocycles. The predicted octanol–water partition coefficient (Wildman–Crippen LogP) is 2.44. The topological polar surface area (TPSA) is 56.7 Å². The van der Waals surface area contributed by atoms with E-state index in [0.29, 0.717) is 17.9 Å². The van der Waals surface area contributed by atoms with Crippen molar-refractivity contribution in [1.29, 1.82) is 0 Å². The van der Waals surface area contributed by atoms with E-state index in [1.165, 1.54) is 18.4 Å². The van der Waals surface area contributed by atoms with Gasteiger partial charge in [0, 0.05) is 27.2 Å². The van der Waals surface area contributed by atoms with Gasteiger partial charge in [0.25, 0.3) is 0 Å². The first-order chi connectivity index (χ1) is 11.5. The van der Waals surface area contributed by atoms with Crippen LogP contribution in [0, 0.1) is 5.41 Å². The zero-order valence-corrected chi connectivity index (χ0v) is 17.5. The van der Waals surface area contributed by atoms with Gasteiger partial charge in [-0.3, -0.25) is 4.79 Å². The molecule has 5 nitrogen and oxygen atoms in total. The van der Waals surface area contributed by atoms with E-state index in [0.717, 1.165) is 13.0 Å². The molecule has 0 aromatic heterocycles. The van der Waals surface area contributed by atoms with Gasteiger partial charge in [-0.1, -0.05) is 36.4 Å². The van der Waals surface area contributed by atoms with Gasteiger partial charge in [-0.25, -0.2) is 4.99 Å². The van der Waals surface area contributed by atoms with E-state index in [4.69, 9.17) is 0 Å². The first kappa shape index (κ1) is 21.5. The fourth-order valence-electron chi connectivity index (χ4n) is 2.52. The van der Waals surface area contributed by atoms with Crippen LogP contribution in [0.5, 0.6) is 0 Å². The number of nitrogens with zero attached hydrogens (tertiary/aromatic N) is 2. The molecule has 1 fully saturated rings. The zero-order valence-electron chi connectivity index (χ0n) is 15.1. The van der Waals surface area contributed by atoms with Crippen LogP contribution in [0.1, 0.15) is 18.4 Å². The lowest BCUT2D eigenvalue weighted by Crippen LogP contribution is -2.41. The minimum Gasteiger partial charge on any atom is -0.356 e. The number of guanidine groups is 1. The lowest BCUT2D eigenvalue weighted by Gasteiger charge is -2.19. The maximum Gasteiger partial charge on any atom is 0.243 e. The second-order valence-electron chi connectivity index (χ2n) is 6.64. The summed E-state index contributed by atoms with van der Waals surface area (Å²) in [6.45, 7) is 5.34. The van der Waals surface area contributed by atoms with E-state index in [1.807, 2.05) is 6.07 Å². The van der Waals surface area contributed by atoms with Crippen LogP contribution >= 0.6 is 24.0 Å². The predicted molar refractivity (Wildman–Crippen MR) is 114 cm³/mol. The standard InChI is InChI=1S/C19H28N4O.HI/c1-4-12-20-18(21-14-17(24)23(2)3)22-15-19(10-11-19)13-16-8-6-5-7-9-16;/h4-9H,1,10-15H2,2-3H3,(H2,20,21,22);1H. The molecule has 0 radical (unpaired) electrons. The van der Waals surface area contributed by atoms with Crippen LogP contribution in [-0.4, -0.2) is 50.5 Å². The van der Waals surface area contributed by atoms with Crippen molar-refractivity contribution in [3.05, 3.63) is 48.6 Å². The van der Waals surface area contributed by atoms with Gasteiger partial charge in [-0.15, -0.1) is 30.6 Å². The highest BCUT2D eigenvalue weighted by atomic mass is 127. The van der Waals surface area contributed by atoms with Crippen LogP contribution in [0.15, 0.2) is 48.0 Å². The molecule has 0 bridgehead atoms. The Hall–Kier alpha value is -1.57. The quantitative estimate of drug-likeness (QED) is 0.274. The maximum atomic E-state index is 11.7. The van der Waals surface area contributed by atoms with Crippen LogP contribution in [0.3, 0.4) is 0 Å². The second kappa shape index (κ2) is 10.4. The van der Waals surface area contributed by atoms with Crippen molar-refractivity contribution in [1.82, 2.24) is 15.5 Å². The molecule has 1 amide bonds. The molecule has 1 aliphatic carbocycles. The number of carbonyl (C=O) groups is 1. The van der Waals surface area contributed by atoms with Crippen molar-refractivity contribution in [2.45, 2.75) is 19.3 Å². The van der Waals surface area contributed by atoms with E-state index in [2.05, 4.69) is 46.5 Å². The molecule has 0 spiro atoms. The van der Waals surface area contributed by atoms with Crippen molar-refractivity contribution in [2.75, 3.05) is 33.7 Å². The SMILES string of the molecule is C=CCNC(=NCC(=O)N(C)C)NCC1(Cc2ccccc2)CC1.I. The van der Waals surface area contributed by atoms with Crippen molar-refractivity contribution < 1.29 is 4.79 Å². The molecule has 0 saturated heterocycles. The van der Waals surface area contributed by atoms with Gasteiger partial charge in [0.1, 0.15) is 6.54 Å². The second-order valence-corrected chi connectivity index (χ2v) is 6.64. The molecule has 0 atom stereocenters. The van der Waals surface area contributed by atoms with Crippen LogP contribution in [-0.2, 0) is 11.2 Å². The smallest absolute Gasteiger partial charge is 0.243 e. The molecule has 2 N–H and O–H groups in total. The van der Waals surface area contributed by atoms with Gasteiger partial charge in [0.05, 0.1) is 0 Å². The van der Waals surface area contributed by atoms with E-state index in [-0.39, 0.29) is 36.4 Å². The minimum absolute atomic E-state index is 0. The Bertz CT molecular complexity index is 582. The molecule has 25 heavy (non-hydrogen) atoms. The first-order valence-electron chi connectivity index (χ1n) is 8.42. The number of nitrogens with one attached hydrogen (secondary N) is 2. The van der Waals surface area contributed by atoms with Crippen molar-refractivity contribution in [3.8, 4) is 0 Å². The number of amides is 1. The van der Waals surface area contributed by atoms with Gasteiger partial charge in [0.15, 0.2) is 5.96 Å². The normalized spacial score (nSPS) is 14.9. The van der Waals surface area contributed by atoms with Gasteiger partial charge in [0.2, 0.25) is 5.91 Å².